The maximum Gasteiger partial charge on any atom is 0.255 e. The van der Waals surface area contributed by atoms with Gasteiger partial charge in [0.2, 0.25) is 0 Å². The molecule has 152 valence electrons. The van der Waals surface area contributed by atoms with Crippen LogP contribution in [0.25, 0.3) is 0 Å². The van der Waals surface area contributed by atoms with E-state index >= 15 is 0 Å². The second-order valence-corrected chi connectivity index (χ2v) is 8.56. The Morgan fingerprint density at radius 2 is 2.00 bits per heavy atom. The molecule has 0 saturated carbocycles. The van der Waals surface area contributed by atoms with E-state index in [-0.39, 0.29) is 46.9 Å². The van der Waals surface area contributed by atoms with Crippen LogP contribution in [0.4, 0.5) is 14.5 Å². The molecule has 2 aromatic rings. The second kappa shape index (κ2) is 9.02. The van der Waals surface area contributed by atoms with Crippen LogP contribution in [-0.2, 0) is 14.6 Å². The van der Waals surface area contributed by atoms with Gasteiger partial charge in [0, 0.05) is 17.7 Å². The number of carbonyl (C=O) groups is 1. The average Bonchev–Trinajstić information content (AvgIpc) is 3.14. The Kier molecular flexibility index (Phi) is 7.19. The molecule has 1 saturated heterocycles. The zero-order valence-electron chi connectivity index (χ0n) is 15.2. The monoisotopic (exact) mass is 429 g/mol. The summed E-state index contributed by atoms with van der Waals surface area (Å²) in [5, 5.41) is 2.35. The van der Waals surface area contributed by atoms with Gasteiger partial charge in [-0.3, -0.25) is 4.79 Å². The van der Waals surface area contributed by atoms with Crippen molar-refractivity contribution >= 4 is 34.9 Å². The van der Waals surface area contributed by atoms with Gasteiger partial charge in [-0.25, -0.2) is 17.2 Å². The summed E-state index contributed by atoms with van der Waals surface area (Å²) in [4.78, 5) is 12.4. The van der Waals surface area contributed by atoms with Gasteiger partial charge in [-0.1, -0.05) is 6.07 Å². The van der Waals surface area contributed by atoms with Crippen LogP contribution in [0.15, 0.2) is 41.3 Å². The lowest BCUT2D eigenvalue weighted by atomic mass is 10.1. The van der Waals surface area contributed by atoms with Crippen molar-refractivity contribution in [2.45, 2.75) is 18.2 Å². The average molecular weight is 430 g/mol. The van der Waals surface area contributed by atoms with Gasteiger partial charge in [0.1, 0.15) is 5.82 Å². The lowest BCUT2D eigenvalue weighted by Crippen LogP contribution is -2.18. The summed E-state index contributed by atoms with van der Waals surface area (Å²) in [6, 6.07) is 7.74. The maximum atomic E-state index is 14.1. The van der Waals surface area contributed by atoms with Crippen molar-refractivity contribution in [3.63, 3.8) is 0 Å². The number of hydrogen-bond acceptors (Lipinski definition) is 4. The van der Waals surface area contributed by atoms with E-state index in [1.165, 1.54) is 31.2 Å². The van der Waals surface area contributed by atoms with Crippen LogP contribution in [0, 0.1) is 24.5 Å². The van der Waals surface area contributed by atoms with Gasteiger partial charge in [0.25, 0.3) is 5.91 Å². The quantitative estimate of drug-likeness (QED) is 0.790. The number of sulfone groups is 1. The normalized spacial score (nSPS) is 16.5. The first-order chi connectivity index (χ1) is 12.8. The van der Waals surface area contributed by atoms with E-state index in [0.717, 1.165) is 12.1 Å². The van der Waals surface area contributed by atoms with E-state index in [4.69, 9.17) is 4.74 Å². The van der Waals surface area contributed by atoms with Crippen LogP contribution in [0.2, 0.25) is 0 Å². The first-order valence-electron chi connectivity index (χ1n) is 8.44. The van der Waals surface area contributed by atoms with Gasteiger partial charge in [-0.15, -0.1) is 0 Å². The Bertz CT molecular complexity index is 974. The number of nitrogens with one attached hydrogen (secondary N) is 1. The molecule has 0 aliphatic carbocycles. The molecule has 0 spiro atoms. The number of amides is 1. The maximum absolute atomic E-state index is 14.1. The summed E-state index contributed by atoms with van der Waals surface area (Å²) in [5.41, 5.74) is -0.307. The molecule has 1 amide bonds. The van der Waals surface area contributed by atoms with E-state index in [9.17, 15) is 22.0 Å². The fourth-order valence-electron chi connectivity index (χ4n) is 2.90. The molecule has 2 aromatic carbocycles. The molecule has 0 unspecified atom stereocenters. The third-order valence-electron chi connectivity index (χ3n) is 4.50. The molecule has 9 heteroatoms. The number of halogens is 2. The van der Waals surface area contributed by atoms with Crippen molar-refractivity contribution in [1.82, 2.24) is 0 Å². The Balaban J connectivity index is 0.00000280. The van der Waals surface area contributed by atoms with Crippen LogP contribution >= 0.6 is 13.5 Å². The molecule has 1 heterocycles. The van der Waals surface area contributed by atoms with Crippen LogP contribution in [-0.4, -0.2) is 33.3 Å². The van der Waals surface area contributed by atoms with E-state index in [2.05, 4.69) is 5.32 Å². The Labute approximate surface area is 169 Å². The highest BCUT2D eigenvalue weighted by Crippen LogP contribution is 2.23. The van der Waals surface area contributed by atoms with Gasteiger partial charge in [-0.05, 0) is 49.6 Å². The first-order valence-corrected chi connectivity index (χ1v) is 10.1. The molecule has 0 aromatic heterocycles. The lowest BCUT2D eigenvalue weighted by molar-refractivity contribution is 0.102. The zero-order valence-corrected chi connectivity index (χ0v) is 17.0. The van der Waals surface area contributed by atoms with E-state index in [1.54, 1.807) is 0 Å². The summed E-state index contributed by atoms with van der Waals surface area (Å²) in [6.45, 7) is 2.22. The molecule has 5 nitrogen and oxygen atoms in total. The highest BCUT2D eigenvalue weighted by Gasteiger charge is 2.25. The van der Waals surface area contributed by atoms with E-state index < -0.39 is 27.4 Å². The predicted octanol–water partition coefficient (Wildman–Crippen LogP) is 3.45. The molecule has 1 N–H and O–H groups in total. The minimum absolute atomic E-state index is 0. The topological polar surface area (TPSA) is 72.5 Å². The molecular weight excluding hydrogens is 408 g/mol. The summed E-state index contributed by atoms with van der Waals surface area (Å²) in [5.74, 6) is -2.38. The number of carbonyl (C=O) groups excluding carboxylic acids is 1. The molecule has 3 rings (SSSR count). The smallest absolute Gasteiger partial charge is 0.255 e. The Morgan fingerprint density at radius 3 is 2.68 bits per heavy atom. The van der Waals surface area contributed by atoms with Crippen molar-refractivity contribution in [2.24, 2.45) is 5.92 Å². The molecule has 1 aliphatic rings. The highest BCUT2D eigenvalue weighted by molar-refractivity contribution is 7.91. The van der Waals surface area contributed by atoms with Crippen molar-refractivity contribution in [1.29, 1.82) is 0 Å². The van der Waals surface area contributed by atoms with E-state index in [1.807, 2.05) is 0 Å². The van der Waals surface area contributed by atoms with Crippen molar-refractivity contribution in [3.05, 3.63) is 59.2 Å². The third kappa shape index (κ3) is 4.89. The van der Waals surface area contributed by atoms with Crippen LogP contribution in [0.3, 0.4) is 0 Å². The number of hydrogen-bond donors (Lipinski definition) is 1. The van der Waals surface area contributed by atoms with Crippen LogP contribution in [0.1, 0.15) is 22.3 Å². The van der Waals surface area contributed by atoms with Gasteiger partial charge in [0.15, 0.2) is 15.7 Å². The highest BCUT2D eigenvalue weighted by atomic mass is 32.2. The van der Waals surface area contributed by atoms with Gasteiger partial charge in [-0.2, -0.15) is 13.5 Å². The minimum Gasteiger partial charge on any atom is -0.381 e. The molecule has 1 aliphatic heterocycles. The summed E-state index contributed by atoms with van der Waals surface area (Å²) >= 11 is 0. The number of anilines is 1. The summed E-state index contributed by atoms with van der Waals surface area (Å²) in [7, 11) is -3.58. The van der Waals surface area contributed by atoms with Crippen molar-refractivity contribution < 1.29 is 26.7 Å². The molecule has 1 fully saturated rings. The van der Waals surface area contributed by atoms with Crippen LogP contribution < -0.4 is 5.32 Å². The number of benzene rings is 2. The fraction of sp³-hybridized carbons (Fsp3) is 0.316. The fourth-order valence-corrected chi connectivity index (χ4v) is 4.57. The van der Waals surface area contributed by atoms with Crippen LogP contribution in [0.5, 0.6) is 0 Å². The van der Waals surface area contributed by atoms with E-state index in [0.29, 0.717) is 19.6 Å². The lowest BCUT2D eigenvalue weighted by Gasteiger charge is -2.11. The number of rotatable bonds is 5. The number of ether oxygens (including phenoxy) is 1. The van der Waals surface area contributed by atoms with Crippen molar-refractivity contribution in [2.75, 3.05) is 24.3 Å². The van der Waals surface area contributed by atoms with Gasteiger partial charge < -0.3 is 10.1 Å². The molecule has 1 atom stereocenters. The van der Waals surface area contributed by atoms with Gasteiger partial charge in [0.05, 0.1) is 22.9 Å². The zero-order chi connectivity index (χ0) is 19.6. The molecule has 0 radical (unpaired) electrons. The standard InChI is InChI=1S/C19H19F2NO4S.H2S/c1-12-16(20)5-6-17(18(12)21)22-19(23)14-3-2-4-15(9-14)27(24,25)11-13-7-8-26-10-13;/h2-6,9,13H,7-8,10-11H2,1H3,(H,22,23);1H2/t13-;/m0./s1. The Hall–Kier alpha value is -1.97. The molecular formula is C19H21F2NO4S2. The molecule has 28 heavy (non-hydrogen) atoms. The minimum atomic E-state index is -3.58. The molecule has 0 bridgehead atoms. The predicted molar refractivity (Wildman–Crippen MR) is 107 cm³/mol. The van der Waals surface area contributed by atoms with Gasteiger partial charge >= 0.3 is 0 Å². The Morgan fingerprint density at radius 1 is 1.25 bits per heavy atom. The largest absolute Gasteiger partial charge is 0.381 e. The van der Waals surface area contributed by atoms with Crippen molar-refractivity contribution in [3.8, 4) is 0 Å². The second-order valence-electron chi connectivity index (χ2n) is 6.53. The SMILES string of the molecule is Cc1c(F)ccc(NC(=O)c2cccc(S(=O)(=O)C[C@H]3CCOC3)c2)c1F.S. The summed E-state index contributed by atoms with van der Waals surface area (Å²) in [6.07, 6.45) is 0.683. The summed E-state index contributed by atoms with van der Waals surface area (Å²) < 4.78 is 57.8. The third-order valence-corrected chi connectivity index (χ3v) is 6.39. The first kappa shape index (κ1) is 22.3.